The number of nitrogens with one attached hydrogen (secondary N) is 1. The van der Waals surface area contributed by atoms with E-state index in [0.29, 0.717) is 23.6 Å². The lowest BCUT2D eigenvalue weighted by molar-refractivity contribution is -0.140. The maximum Gasteiger partial charge on any atom is 0.338 e. The fourth-order valence-electron chi connectivity index (χ4n) is 3.38. The monoisotopic (exact) mass is 430 g/mol. The molecule has 0 aromatic heterocycles. The van der Waals surface area contributed by atoms with Crippen LogP contribution in [0, 0.1) is 5.92 Å². The van der Waals surface area contributed by atoms with E-state index in [-0.39, 0.29) is 24.0 Å². The summed E-state index contributed by atoms with van der Waals surface area (Å²) in [5.74, 6) is 0.980. The van der Waals surface area contributed by atoms with Crippen molar-refractivity contribution in [3.05, 3.63) is 41.1 Å². The molecule has 1 unspecified atom stereocenters. The van der Waals surface area contributed by atoms with Gasteiger partial charge < -0.3 is 19.9 Å². The second-order valence-corrected chi connectivity index (χ2v) is 9.19. The van der Waals surface area contributed by atoms with Crippen molar-refractivity contribution in [2.75, 3.05) is 38.3 Å². The highest BCUT2D eigenvalue weighted by molar-refractivity contribution is 8.13. The molecule has 1 saturated heterocycles. The first-order valence-corrected chi connectivity index (χ1v) is 11.2. The maximum atomic E-state index is 13.0. The molecule has 1 aromatic rings. The minimum atomic E-state index is -0.311. The zero-order valence-electron chi connectivity index (χ0n) is 18.3. The molecule has 3 rings (SSSR count). The molecule has 8 heteroatoms. The van der Waals surface area contributed by atoms with Gasteiger partial charge in [-0.3, -0.25) is 0 Å². The van der Waals surface area contributed by atoms with Crippen LogP contribution in [-0.2, 0) is 9.53 Å². The number of carbonyl (C=O) groups excluding carboxylic acids is 2. The van der Waals surface area contributed by atoms with Gasteiger partial charge in [0, 0.05) is 32.1 Å². The van der Waals surface area contributed by atoms with E-state index >= 15 is 0 Å². The predicted octanol–water partition coefficient (Wildman–Crippen LogP) is 4.10. The third-order valence-corrected chi connectivity index (χ3v) is 5.99. The molecule has 30 heavy (non-hydrogen) atoms. The average molecular weight is 431 g/mol. The number of allylic oxidation sites excluding steroid dienone is 1. The fourth-order valence-corrected chi connectivity index (χ4v) is 4.40. The number of amidine groups is 1. The van der Waals surface area contributed by atoms with Crippen molar-refractivity contribution in [3.63, 3.8) is 0 Å². The van der Waals surface area contributed by atoms with Crippen molar-refractivity contribution in [3.8, 4) is 0 Å². The molecule has 2 amide bonds. The topological polar surface area (TPSA) is 74.2 Å². The van der Waals surface area contributed by atoms with Gasteiger partial charge in [-0.25, -0.2) is 14.6 Å². The smallest absolute Gasteiger partial charge is 0.338 e. The summed E-state index contributed by atoms with van der Waals surface area (Å²) in [5, 5.41) is 3.80. The Morgan fingerprint density at radius 1 is 1.30 bits per heavy atom. The number of urea groups is 1. The first-order valence-electron chi connectivity index (χ1n) is 10.2. The van der Waals surface area contributed by atoms with Crippen molar-refractivity contribution in [2.24, 2.45) is 10.9 Å². The molecule has 0 saturated carbocycles. The lowest BCUT2D eigenvalue weighted by Gasteiger charge is -2.40. The Morgan fingerprint density at radius 3 is 2.63 bits per heavy atom. The third kappa shape index (κ3) is 4.98. The molecule has 2 aliphatic heterocycles. The number of carbonyl (C=O) groups is 2. The Morgan fingerprint density at radius 2 is 2.00 bits per heavy atom. The second-order valence-electron chi connectivity index (χ2n) is 8.13. The number of hydrogen-bond acceptors (Lipinski definition) is 6. The van der Waals surface area contributed by atoms with Gasteiger partial charge in [-0.1, -0.05) is 37.7 Å². The van der Waals surface area contributed by atoms with E-state index in [4.69, 9.17) is 9.73 Å². The molecule has 1 fully saturated rings. The number of fused-ring (bicyclic) bond motifs is 1. The predicted molar refractivity (Wildman–Crippen MR) is 122 cm³/mol. The first kappa shape index (κ1) is 22.2. The van der Waals surface area contributed by atoms with Crippen molar-refractivity contribution >= 4 is 34.6 Å². The second kappa shape index (κ2) is 9.55. The average Bonchev–Trinajstić information content (AvgIpc) is 2.71. The zero-order valence-corrected chi connectivity index (χ0v) is 19.1. The van der Waals surface area contributed by atoms with Gasteiger partial charge in [0.1, 0.15) is 0 Å². The van der Waals surface area contributed by atoms with E-state index in [0.717, 1.165) is 29.4 Å². The van der Waals surface area contributed by atoms with Crippen molar-refractivity contribution < 1.29 is 14.3 Å². The van der Waals surface area contributed by atoms with Crippen LogP contribution in [0.15, 0.2) is 40.5 Å². The summed E-state index contributed by atoms with van der Waals surface area (Å²) in [6.45, 7) is 7.13. The SMILES string of the molecule is CC1=C(C(=O)OCC(C)C)C(c2ccc(NC(=O)N(C)C)cc2)N2CCCSC2=N1. The van der Waals surface area contributed by atoms with Gasteiger partial charge in [-0.05, 0) is 37.0 Å². The summed E-state index contributed by atoms with van der Waals surface area (Å²) < 4.78 is 5.59. The minimum absolute atomic E-state index is 0.184. The fraction of sp³-hybridized carbons (Fsp3) is 0.500. The number of anilines is 1. The zero-order chi connectivity index (χ0) is 21.8. The van der Waals surface area contributed by atoms with Crippen LogP contribution in [0.25, 0.3) is 0 Å². The van der Waals surface area contributed by atoms with Crippen LogP contribution in [0.1, 0.15) is 38.8 Å². The highest BCUT2D eigenvalue weighted by Crippen LogP contribution is 2.40. The molecular weight excluding hydrogens is 400 g/mol. The normalized spacial score (nSPS) is 18.7. The number of rotatable bonds is 5. The summed E-state index contributed by atoms with van der Waals surface area (Å²) in [7, 11) is 3.40. The van der Waals surface area contributed by atoms with Gasteiger partial charge in [0.05, 0.1) is 23.9 Å². The number of amides is 2. The lowest BCUT2D eigenvalue weighted by Crippen LogP contribution is -2.42. The Kier molecular flexibility index (Phi) is 7.07. The number of nitrogens with zero attached hydrogens (tertiary/aromatic N) is 3. The van der Waals surface area contributed by atoms with Gasteiger partial charge >= 0.3 is 12.0 Å². The van der Waals surface area contributed by atoms with E-state index in [1.165, 1.54) is 4.90 Å². The van der Waals surface area contributed by atoms with E-state index in [2.05, 4.69) is 10.2 Å². The largest absolute Gasteiger partial charge is 0.462 e. The van der Waals surface area contributed by atoms with Gasteiger partial charge in [0.2, 0.25) is 0 Å². The Balaban J connectivity index is 1.93. The Bertz CT molecular complexity index is 862. The molecule has 2 heterocycles. The van der Waals surface area contributed by atoms with Gasteiger partial charge in [-0.2, -0.15) is 0 Å². The number of ether oxygens (including phenoxy) is 1. The molecule has 0 bridgehead atoms. The molecule has 1 N–H and O–H groups in total. The van der Waals surface area contributed by atoms with Gasteiger partial charge in [-0.15, -0.1) is 0 Å². The van der Waals surface area contributed by atoms with E-state index in [1.54, 1.807) is 25.9 Å². The molecule has 1 atom stereocenters. The summed E-state index contributed by atoms with van der Waals surface area (Å²) >= 11 is 1.72. The molecular formula is C22H30N4O3S. The first-order chi connectivity index (χ1) is 14.3. The quantitative estimate of drug-likeness (QED) is 0.712. The van der Waals surface area contributed by atoms with E-state index in [9.17, 15) is 9.59 Å². The van der Waals surface area contributed by atoms with Crippen LogP contribution >= 0.6 is 11.8 Å². The van der Waals surface area contributed by atoms with Crippen molar-refractivity contribution in [2.45, 2.75) is 33.2 Å². The van der Waals surface area contributed by atoms with Gasteiger partial charge in [0.25, 0.3) is 0 Å². The summed E-state index contributed by atoms with van der Waals surface area (Å²) in [6.07, 6.45) is 1.03. The molecule has 162 valence electrons. The molecule has 0 radical (unpaired) electrons. The maximum absolute atomic E-state index is 13.0. The number of aliphatic imine (C=N–C) groups is 1. The number of benzene rings is 1. The van der Waals surface area contributed by atoms with Crippen LogP contribution in [-0.4, -0.2) is 60.0 Å². The van der Waals surface area contributed by atoms with Crippen molar-refractivity contribution in [1.29, 1.82) is 0 Å². The Labute approximate surface area is 182 Å². The molecule has 2 aliphatic rings. The van der Waals surface area contributed by atoms with Gasteiger partial charge in [0.15, 0.2) is 5.17 Å². The highest BCUT2D eigenvalue weighted by atomic mass is 32.2. The van der Waals surface area contributed by atoms with E-state index < -0.39 is 0 Å². The standard InChI is InChI=1S/C22H30N4O3S/c1-14(2)13-29-20(27)18-15(3)23-22-26(11-6-12-30-22)19(18)16-7-9-17(10-8-16)24-21(28)25(4)5/h7-10,14,19H,6,11-13H2,1-5H3,(H,24,28). The van der Waals surface area contributed by atoms with E-state index in [1.807, 2.05) is 45.0 Å². The molecule has 7 nitrogen and oxygen atoms in total. The van der Waals surface area contributed by atoms with Crippen LogP contribution in [0.5, 0.6) is 0 Å². The Hall–Kier alpha value is -2.48. The highest BCUT2D eigenvalue weighted by Gasteiger charge is 2.37. The molecule has 0 aliphatic carbocycles. The number of esters is 1. The van der Waals surface area contributed by atoms with Crippen LogP contribution in [0.4, 0.5) is 10.5 Å². The third-order valence-electron chi connectivity index (χ3n) is 4.91. The van der Waals surface area contributed by atoms with Crippen LogP contribution in [0.2, 0.25) is 0 Å². The lowest BCUT2D eigenvalue weighted by atomic mass is 9.94. The summed E-state index contributed by atoms with van der Waals surface area (Å²) in [4.78, 5) is 33.3. The number of thioether (sulfide) groups is 1. The minimum Gasteiger partial charge on any atom is -0.462 e. The van der Waals surface area contributed by atoms with Crippen LogP contribution < -0.4 is 5.32 Å². The molecule has 0 spiro atoms. The van der Waals surface area contributed by atoms with Crippen molar-refractivity contribution in [1.82, 2.24) is 9.80 Å². The number of hydrogen-bond donors (Lipinski definition) is 1. The molecule has 1 aromatic carbocycles. The summed E-state index contributed by atoms with van der Waals surface area (Å²) in [5.41, 5.74) is 2.98. The summed E-state index contributed by atoms with van der Waals surface area (Å²) in [6, 6.07) is 7.22. The van der Waals surface area contributed by atoms with Crippen LogP contribution in [0.3, 0.4) is 0 Å².